The van der Waals surface area contributed by atoms with Gasteiger partial charge in [-0.2, -0.15) is 5.10 Å². The largest absolute Gasteiger partial charge is 0.457 e. The molecule has 0 aliphatic heterocycles. The molecule has 3 rings (SSSR count). The van der Waals surface area contributed by atoms with Crippen LogP contribution in [0.1, 0.15) is 5.82 Å². The third-order valence-corrected chi connectivity index (χ3v) is 3.80. The van der Waals surface area contributed by atoms with E-state index in [0.29, 0.717) is 33.1 Å². The van der Waals surface area contributed by atoms with E-state index in [1.807, 2.05) is 0 Å². The standard InChI is InChI=1S/C15H11Cl2N3O2/c1-9-18-19-15(21)20(9)10-2-4-11(5-3-10)22-12-6-7-13(16)14(17)8-12/h2-8H,1H3,(H,19,21). The number of ether oxygens (including phenoxy) is 1. The number of rotatable bonds is 3. The molecule has 2 aromatic carbocycles. The molecule has 0 aliphatic rings. The van der Waals surface area contributed by atoms with Crippen LogP contribution >= 0.6 is 23.2 Å². The molecular weight excluding hydrogens is 325 g/mol. The molecule has 0 fully saturated rings. The second-order valence-electron chi connectivity index (χ2n) is 4.58. The zero-order valence-corrected chi connectivity index (χ0v) is 13.0. The van der Waals surface area contributed by atoms with Gasteiger partial charge in [0, 0.05) is 6.07 Å². The number of benzene rings is 2. The van der Waals surface area contributed by atoms with Crippen molar-refractivity contribution in [1.29, 1.82) is 0 Å². The van der Waals surface area contributed by atoms with Gasteiger partial charge >= 0.3 is 5.69 Å². The van der Waals surface area contributed by atoms with Gasteiger partial charge < -0.3 is 4.74 Å². The summed E-state index contributed by atoms with van der Waals surface area (Å²) < 4.78 is 7.17. The molecular formula is C15H11Cl2N3O2. The summed E-state index contributed by atoms with van der Waals surface area (Å²) in [5.41, 5.74) is 0.424. The van der Waals surface area contributed by atoms with E-state index in [1.54, 1.807) is 49.4 Å². The maximum absolute atomic E-state index is 11.7. The first kappa shape index (κ1) is 14.7. The SMILES string of the molecule is Cc1n[nH]c(=O)n1-c1ccc(Oc2ccc(Cl)c(Cl)c2)cc1. The van der Waals surface area contributed by atoms with Crippen molar-refractivity contribution in [3.63, 3.8) is 0 Å². The van der Waals surface area contributed by atoms with Crippen molar-refractivity contribution >= 4 is 23.2 Å². The Morgan fingerprint density at radius 2 is 1.73 bits per heavy atom. The summed E-state index contributed by atoms with van der Waals surface area (Å²) >= 11 is 11.8. The highest BCUT2D eigenvalue weighted by atomic mass is 35.5. The molecule has 0 radical (unpaired) electrons. The molecule has 22 heavy (non-hydrogen) atoms. The van der Waals surface area contributed by atoms with Crippen LogP contribution < -0.4 is 10.4 Å². The fraction of sp³-hybridized carbons (Fsp3) is 0.0667. The van der Waals surface area contributed by atoms with Crippen LogP contribution in [0, 0.1) is 6.92 Å². The molecule has 0 unspecified atom stereocenters. The van der Waals surface area contributed by atoms with Crippen LogP contribution in [0.4, 0.5) is 0 Å². The smallest absolute Gasteiger partial charge is 0.347 e. The predicted molar refractivity (Wildman–Crippen MR) is 85.5 cm³/mol. The number of H-pyrrole nitrogens is 1. The van der Waals surface area contributed by atoms with Crippen LogP contribution in [0.25, 0.3) is 5.69 Å². The van der Waals surface area contributed by atoms with Crippen molar-refractivity contribution in [1.82, 2.24) is 14.8 Å². The monoisotopic (exact) mass is 335 g/mol. The van der Waals surface area contributed by atoms with Gasteiger partial charge in [-0.3, -0.25) is 0 Å². The minimum absolute atomic E-state index is 0.282. The Morgan fingerprint density at radius 1 is 1.05 bits per heavy atom. The first-order chi connectivity index (χ1) is 10.5. The lowest BCUT2D eigenvalue weighted by Crippen LogP contribution is -2.15. The normalized spacial score (nSPS) is 10.7. The van der Waals surface area contributed by atoms with Gasteiger partial charge in [-0.15, -0.1) is 0 Å². The summed E-state index contributed by atoms with van der Waals surface area (Å²) in [6, 6.07) is 12.1. The first-order valence-corrected chi connectivity index (χ1v) is 7.17. The van der Waals surface area contributed by atoms with Crippen LogP contribution in [-0.2, 0) is 0 Å². The average molecular weight is 336 g/mol. The molecule has 1 N–H and O–H groups in total. The second kappa shape index (κ2) is 5.87. The molecule has 0 saturated carbocycles. The van der Waals surface area contributed by atoms with E-state index in [1.165, 1.54) is 4.57 Å². The maximum atomic E-state index is 11.7. The molecule has 0 amide bonds. The highest BCUT2D eigenvalue weighted by Gasteiger charge is 2.07. The molecule has 0 saturated heterocycles. The zero-order valence-electron chi connectivity index (χ0n) is 11.5. The van der Waals surface area contributed by atoms with Gasteiger partial charge in [0.2, 0.25) is 0 Å². The summed E-state index contributed by atoms with van der Waals surface area (Å²) in [7, 11) is 0. The van der Waals surface area contributed by atoms with E-state index in [2.05, 4.69) is 10.2 Å². The summed E-state index contributed by atoms with van der Waals surface area (Å²) in [5, 5.41) is 7.17. The van der Waals surface area contributed by atoms with Crippen LogP contribution in [0.15, 0.2) is 47.3 Å². The van der Waals surface area contributed by atoms with Gasteiger partial charge in [0.25, 0.3) is 0 Å². The Kier molecular flexibility index (Phi) is 3.92. The van der Waals surface area contributed by atoms with E-state index in [9.17, 15) is 4.79 Å². The zero-order chi connectivity index (χ0) is 15.7. The topological polar surface area (TPSA) is 59.9 Å². The minimum Gasteiger partial charge on any atom is -0.457 e. The summed E-state index contributed by atoms with van der Waals surface area (Å²) in [4.78, 5) is 11.7. The Bertz CT molecular complexity index is 869. The van der Waals surface area contributed by atoms with Crippen molar-refractivity contribution < 1.29 is 4.74 Å². The molecule has 3 aromatic rings. The number of nitrogens with zero attached hydrogens (tertiary/aromatic N) is 2. The van der Waals surface area contributed by atoms with Crippen molar-refractivity contribution in [2.24, 2.45) is 0 Å². The quantitative estimate of drug-likeness (QED) is 0.787. The average Bonchev–Trinajstić information content (AvgIpc) is 2.83. The van der Waals surface area contributed by atoms with Crippen LogP contribution in [0.3, 0.4) is 0 Å². The van der Waals surface area contributed by atoms with Gasteiger partial charge in [0.1, 0.15) is 17.3 Å². The minimum atomic E-state index is -0.282. The van der Waals surface area contributed by atoms with Crippen molar-refractivity contribution in [3.05, 3.63) is 68.8 Å². The van der Waals surface area contributed by atoms with E-state index in [4.69, 9.17) is 27.9 Å². The third kappa shape index (κ3) is 2.86. The van der Waals surface area contributed by atoms with E-state index < -0.39 is 0 Å². The molecule has 0 bridgehead atoms. The van der Waals surface area contributed by atoms with Crippen molar-refractivity contribution in [2.45, 2.75) is 6.92 Å². The summed E-state index contributed by atoms with van der Waals surface area (Å²) in [6.07, 6.45) is 0. The van der Waals surface area contributed by atoms with Crippen LogP contribution in [-0.4, -0.2) is 14.8 Å². The first-order valence-electron chi connectivity index (χ1n) is 6.42. The number of hydrogen-bond donors (Lipinski definition) is 1. The number of aryl methyl sites for hydroxylation is 1. The fourth-order valence-corrected chi connectivity index (χ4v) is 2.31. The molecule has 5 nitrogen and oxygen atoms in total. The Morgan fingerprint density at radius 3 is 2.32 bits per heavy atom. The fourth-order valence-electron chi connectivity index (χ4n) is 2.02. The van der Waals surface area contributed by atoms with Crippen LogP contribution in [0.5, 0.6) is 11.5 Å². The van der Waals surface area contributed by atoms with E-state index in [0.717, 1.165) is 0 Å². The van der Waals surface area contributed by atoms with Gasteiger partial charge in [-0.25, -0.2) is 14.5 Å². The van der Waals surface area contributed by atoms with Gasteiger partial charge in [0.05, 0.1) is 15.7 Å². The Balaban J connectivity index is 1.85. The van der Waals surface area contributed by atoms with Crippen molar-refractivity contribution in [2.75, 3.05) is 0 Å². The molecule has 112 valence electrons. The number of aromatic amines is 1. The summed E-state index contributed by atoms with van der Waals surface area (Å²) in [6.45, 7) is 1.75. The maximum Gasteiger partial charge on any atom is 0.347 e. The second-order valence-corrected chi connectivity index (χ2v) is 5.40. The molecule has 0 spiro atoms. The lowest BCUT2D eigenvalue weighted by molar-refractivity contribution is 0.482. The van der Waals surface area contributed by atoms with Crippen molar-refractivity contribution in [3.8, 4) is 17.2 Å². The van der Waals surface area contributed by atoms with Crippen LogP contribution in [0.2, 0.25) is 10.0 Å². The number of aromatic nitrogens is 3. The Hall–Kier alpha value is -2.24. The number of halogens is 2. The molecule has 0 aliphatic carbocycles. The summed E-state index contributed by atoms with van der Waals surface area (Å²) in [5.74, 6) is 1.79. The number of hydrogen-bond acceptors (Lipinski definition) is 3. The molecule has 7 heteroatoms. The molecule has 1 heterocycles. The van der Waals surface area contributed by atoms with E-state index in [-0.39, 0.29) is 5.69 Å². The molecule has 0 atom stereocenters. The predicted octanol–water partition coefficient (Wildman–Crippen LogP) is 3.97. The molecule has 1 aromatic heterocycles. The highest BCUT2D eigenvalue weighted by Crippen LogP contribution is 2.29. The number of nitrogens with one attached hydrogen (secondary N) is 1. The third-order valence-electron chi connectivity index (χ3n) is 3.06. The highest BCUT2D eigenvalue weighted by molar-refractivity contribution is 6.42. The van der Waals surface area contributed by atoms with Gasteiger partial charge in [0.15, 0.2) is 0 Å². The van der Waals surface area contributed by atoms with Gasteiger partial charge in [-0.05, 0) is 43.3 Å². The Labute approximate surface area is 136 Å². The van der Waals surface area contributed by atoms with E-state index >= 15 is 0 Å². The lowest BCUT2D eigenvalue weighted by atomic mass is 10.3. The lowest BCUT2D eigenvalue weighted by Gasteiger charge is -2.08. The van der Waals surface area contributed by atoms with Gasteiger partial charge in [-0.1, -0.05) is 23.2 Å².